The smallest absolute Gasteiger partial charge is 0.0348 e. The van der Waals surface area contributed by atoms with E-state index in [-0.39, 0.29) is 0 Å². The fourth-order valence-electron chi connectivity index (χ4n) is 1.65. The topological polar surface area (TPSA) is 0 Å². The van der Waals surface area contributed by atoms with E-state index in [2.05, 4.69) is 19.1 Å². The Labute approximate surface area is 108 Å². The maximum atomic E-state index is 5.20. The molecule has 0 fully saturated rings. The van der Waals surface area contributed by atoms with E-state index in [1.54, 1.807) is 0 Å². The monoisotopic (exact) mass is 231 g/mol. The molecule has 0 aromatic rings. The summed E-state index contributed by atoms with van der Waals surface area (Å²) in [5.41, 5.74) is 0. The Morgan fingerprint density at radius 3 is 2.00 bits per heavy atom. The van der Waals surface area contributed by atoms with Crippen LogP contribution in [0.3, 0.4) is 0 Å². The zero-order valence-electron chi connectivity index (χ0n) is 11.3. The first-order valence-corrected chi connectivity index (χ1v) is 6.95. The van der Waals surface area contributed by atoms with E-state index in [1.807, 2.05) is 24.3 Å². The van der Waals surface area contributed by atoms with Crippen LogP contribution in [0.4, 0.5) is 0 Å². The van der Waals surface area contributed by atoms with Crippen molar-refractivity contribution in [1.82, 2.24) is 0 Å². The summed E-state index contributed by atoms with van der Waals surface area (Å²) in [6.07, 6.45) is 24.5. The second kappa shape index (κ2) is 15.0. The number of hydrogen-bond donors (Lipinski definition) is 0. The quantitative estimate of drug-likeness (QED) is 0.312. The molecule has 0 unspecified atom stereocenters. The number of allylic oxidation sites excluding steroid dienone is 7. The Morgan fingerprint density at radius 1 is 0.706 bits per heavy atom. The molecule has 1 radical (unpaired) electrons. The maximum absolute atomic E-state index is 5.20. The SMILES string of the molecule is [CH]=C/C=C/C=C/C=C/CCCCCCCCC. The van der Waals surface area contributed by atoms with Crippen molar-refractivity contribution < 1.29 is 0 Å². The van der Waals surface area contributed by atoms with Crippen molar-refractivity contribution in [3.63, 3.8) is 0 Å². The Morgan fingerprint density at radius 2 is 1.29 bits per heavy atom. The standard InChI is InChI=1S/C17H27/c1-3-5-7-9-11-13-15-17-16-14-12-10-8-6-4-2/h1,3,5,7,9,11,13,15H,4,6,8,10,12,14,16-17H2,2H3/b3-1?,7-5+,11-9+,15-13+. The van der Waals surface area contributed by atoms with Crippen molar-refractivity contribution >= 4 is 0 Å². The van der Waals surface area contributed by atoms with Gasteiger partial charge in [-0.05, 0) is 12.8 Å². The van der Waals surface area contributed by atoms with E-state index in [9.17, 15) is 0 Å². The highest BCUT2D eigenvalue weighted by molar-refractivity contribution is 5.13. The predicted molar refractivity (Wildman–Crippen MR) is 78.9 cm³/mol. The van der Waals surface area contributed by atoms with Gasteiger partial charge in [-0.3, -0.25) is 0 Å². The van der Waals surface area contributed by atoms with Gasteiger partial charge in [-0.25, -0.2) is 0 Å². The molecule has 0 amide bonds. The third-order valence-electron chi connectivity index (χ3n) is 2.67. The molecular formula is C17H27. The number of unbranched alkanes of at least 4 members (excludes halogenated alkanes) is 7. The van der Waals surface area contributed by atoms with Crippen LogP contribution in [-0.4, -0.2) is 0 Å². The van der Waals surface area contributed by atoms with Crippen LogP contribution < -0.4 is 0 Å². The highest BCUT2D eigenvalue weighted by Crippen LogP contribution is 2.08. The van der Waals surface area contributed by atoms with Gasteiger partial charge < -0.3 is 0 Å². The van der Waals surface area contributed by atoms with Crippen LogP contribution in [0.5, 0.6) is 0 Å². The molecule has 0 aromatic heterocycles. The average Bonchev–Trinajstić information content (AvgIpc) is 2.35. The summed E-state index contributed by atoms with van der Waals surface area (Å²) < 4.78 is 0. The number of hydrogen-bond acceptors (Lipinski definition) is 0. The van der Waals surface area contributed by atoms with E-state index in [1.165, 1.54) is 57.4 Å². The zero-order valence-corrected chi connectivity index (χ0v) is 11.3. The third-order valence-corrected chi connectivity index (χ3v) is 2.67. The molecule has 0 heteroatoms. The van der Waals surface area contributed by atoms with Gasteiger partial charge in [0.05, 0.1) is 0 Å². The first-order chi connectivity index (χ1) is 8.41. The third kappa shape index (κ3) is 15.0. The lowest BCUT2D eigenvalue weighted by Crippen LogP contribution is -1.78. The van der Waals surface area contributed by atoms with Crippen molar-refractivity contribution in [2.24, 2.45) is 0 Å². The van der Waals surface area contributed by atoms with Gasteiger partial charge in [-0.15, -0.1) is 0 Å². The van der Waals surface area contributed by atoms with E-state index in [0.717, 1.165) is 0 Å². The minimum absolute atomic E-state index is 1.20. The van der Waals surface area contributed by atoms with E-state index in [0.29, 0.717) is 0 Å². The molecule has 0 spiro atoms. The molecule has 0 aliphatic heterocycles. The van der Waals surface area contributed by atoms with E-state index < -0.39 is 0 Å². The molecule has 0 rings (SSSR count). The molecule has 0 N–H and O–H groups in total. The first kappa shape index (κ1) is 16.0. The summed E-state index contributed by atoms with van der Waals surface area (Å²) in [6, 6.07) is 0. The van der Waals surface area contributed by atoms with Crippen LogP contribution >= 0.6 is 0 Å². The minimum Gasteiger partial charge on any atom is -0.0845 e. The van der Waals surface area contributed by atoms with E-state index >= 15 is 0 Å². The fraction of sp³-hybridized carbons (Fsp3) is 0.529. The molecule has 17 heavy (non-hydrogen) atoms. The van der Waals surface area contributed by atoms with Gasteiger partial charge in [0.15, 0.2) is 0 Å². The summed E-state index contributed by atoms with van der Waals surface area (Å²) in [5.74, 6) is 0. The van der Waals surface area contributed by atoms with Gasteiger partial charge in [-0.1, -0.05) is 94.6 Å². The Kier molecular flexibility index (Phi) is 14.0. The van der Waals surface area contributed by atoms with Gasteiger partial charge in [-0.2, -0.15) is 0 Å². The molecule has 0 nitrogen and oxygen atoms in total. The van der Waals surface area contributed by atoms with Gasteiger partial charge in [0.1, 0.15) is 0 Å². The first-order valence-electron chi connectivity index (χ1n) is 6.95. The lowest BCUT2D eigenvalue weighted by Gasteiger charge is -1.98. The normalized spacial score (nSPS) is 12.1. The van der Waals surface area contributed by atoms with Crippen molar-refractivity contribution in [2.45, 2.75) is 58.3 Å². The fourth-order valence-corrected chi connectivity index (χ4v) is 1.65. The Balaban J connectivity index is 3.21. The van der Waals surface area contributed by atoms with Crippen LogP contribution in [0.1, 0.15) is 58.3 Å². The number of rotatable bonds is 11. The summed E-state index contributed by atoms with van der Waals surface area (Å²) >= 11 is 0. The van der Waals surface area contributed by atoms with Gasteiger partial charge in [0, 0.05) is 0 Å². The summed E-state index contributed by atoms with van der Waals surface area (Å²) in [4.78, 5) is 0. The minimum atomic E-state index is 1.20. The second-order valence-electron chi connectivity index (χ2n) is 4.30. The Hall–Kier alpha value is -1.04. The molecule has 0 saturated heterocycles. The average molecular weight is 231 g/mol. The van der Waals surface area contributed by atoms with Crippen LogP contribution in [0, 0.1) is 6.58 Å². The molecule has 0 aromatic carbocycles. The Bertz CT molecular complexity index is 230. The highest BCUT2D eigenvalue weighted by atomic mass is 13.9. The molecule has 0 aliphatic rings. The van der Waals surface area contributed by atoms with Crippen molar-refractivity contribution in [2.75, 3.05) is 0 Å². The van der Waals surface area contributed by atoms with Crippen LogP contribution in [-0.2, 0) is 0 Å². The summed E-state index contributed by atoms with van der Waals surface area (Å²) in [7, 11) is 0. The molecule has 0 bridgehead atoms. The summed E-state index contributed by atoms with van der Waals surface area (Å²) in [5, 5.41) is 0. The van der Waals surface area contributed by atoms with Crippen LogP contribution in [0.2, 0.25) is 0 Å². The highest BCUT2D eigenvalue weighted by Gasteiger charge is 1.88. The van der Waals surface area contributed by atoms with Crippen molar-refractivity contribution in [1.29, 1.82) is 0 Å². The maximum Gasteiger partial charge on any atom is -0.0348 e. The zero-order chi connectivity index (χ0) is 12.6. The lowest BCUT2D eigenvalue weighted by atomic mass is 10.1. The van der Waals surface area contributed by atoms with Gasteiger partial charge in [0.25, 0.3) is 0 Å². The molecule has 95 valence electrons. The van der Waals surface area contributed by atoms with Crippen LogP contribution in [0.25, 0.3) is 0 Å². The van der Waals surface area contributed by atoms with Crippen molar-refractivity contribution in [3.05, 3.63) is 49.1 Å². The molecule has 0 atom stereocenters. The molecule has 0 heterocycles. The van der Waals surface area contributed by atoms with Crippen molar-refractivity contribution in [3.8, 4) is 0 Å². The van der Waals surface area contributed by atoms with Gasteiger partial charge in [0.2, 0.25) is 0 Å². The largest absolute Gasteiger partial charge is 0.0845 e. The second-order valence-corrected chi connectivity index (χ2v) is 4.30. The molecule has 0 aliphatic carbocycles. The lowest BCUT2D eigenvalue weighted by molar-refractivity contribution is 0.592. The molecular weight excluding hydrogens is 204 g/mol. The van der Waals surface area contributed by atoms with Crippen LogP contribution in [0.15, 0.2) is 42.5 Å². The predicted octanol–water partition coefficient (Wildman–Crippen LogP) is 5.78. The summed E-state index contributed by atoms with van der Waals surface area (Å²) in [6.45, 7) is 7.47. The molecule has 0 saturated carbocycles. The van der Waals surface area contributed by atoms with Gasteiger partial charge >= 0.3 is 0 Å². The van der Waals surface area contributed by atoms with E-state index in [4.69, 9.17) is 6.58 Å².